The van der Waals surface area contributed by atoms with Crippen molar-refractivity contribution in [1.29, 1.82) is 0 Å². The number of rotatable bonds is 9. The van der Waals surface area contributed by atoms with Gasteiger partial charge in [-0.05, 0) is 31.5 Å². The van der Waals surface area contributed by atoms with E-state index in [9.17, 15) is 0 Å². The molecule has 7 heteroatoms. The molecule has 2 heterocycles. The summed E-state index contributed by atoms with van der Waals surface area (Å²) in [7, 11) is 1.78. The Hall–Kier alpha value is -3.48. The van der Waals surface area contributed by atoms with Gasteiger partial charge in [0.15, 0.2) is 5.96 Å². The van der Waals surface area contributed by atoms with E-state index in [-0.39, 0.29) is 6.10 Å². The first-order valence-corrected chi connectivity index (χ1v) is 11.6. The van der Waals surface area contributed by atoms with Crippen molar-refractivity contribution in [2.45, 2.75) is 45.9 Å². The van der Waals surface area contributed by atoms with Crippen LogP contribution >= 0.6 is 0 Å². The van der Waals surface area contributed by atoms with Gasteiger partial charge in [0.05, 0.1) is 6.61 Å². The van der Waals surface area contributed by atoms with Crippen LogP contribution in [0.2, 0.25) is 0 Å². The van der Waals surface area contributed by atoms with Crippen molar-refractivity contribution in [2.24, 2.45) is 4.99 Å². The second-order valence-electron chi connectivity index (χ2n) is 8.19. The molecule has 0 spiro atoms. The standard InChI is InChI=1S/C26H33N5O2/c1-4-32-23-15-21-14-19(2)33-24(21)16-22(23)17-30-26(27-3)29-11-10-25-28-12-13-31(25)18-20-8-6-5-7-9-20/h5-9,12-13,15-16,19H,4,10-11,14,17-18H2,1-3H3,(H2,27,29,30). The third-order valence-corrected chi connectivity index (χ3v) is 5.69. The molecule has 0 fully saturated rings. The number of nitrogens with zero attached hydrogens (tertiary/aromatic N) is 3. The van der Waals surface area contributed by atoms with Crippen LogP contribution in [0.4, 0.5) is 0 Å². The fraction of sp³-hybridized carbons (Fsp3) is 0.385. The van der Waals surface area contributed by atoms with Crippen molar-refractivity contribution in [2.75, 3.05) is 20.2 Å². The smallest absolute Gasteiger partial charge is 0.191 e. The topological polar surface area (TPSA) is 72.7 Å². The average molecular weight is 448 g/mol. The molecule has 0 saturated carbocycles. The number of hydrogen-bond acceptors (Lipinski definition) is 4. The summed E-state index contributed by atoms with van der Waals surface area (Å²) in [6.07, 6.45) is 5.82. The lowest BCUT2D eigenvalue weighted by molar-refractivity contribution is 0.254. The lowest BCUT2D eigenvalue weighted by Gasteiger charge is -2.16. The molecule has 0 bridgehead atoms. The highest BCUT2D eigenvalue weighted by atomic mass is 16.5. The van der Waals surface area contributed by atoms with Crippen LogP contribution in [0.15, 0.2) is 59.9 Å². The fourth-order valence-corrected chi connectivity index (χ4v) is 4.09. The van der Waals surface area contributed by atoms with Crippen LogP contribution in [0.25, 0.3) is 0 Å². The summed E-state index contributed by atoms with van der Waals surface area (Å²) in [6.45, 7) is 6.88. The number of hydrogen-bond donors (Lipinski definition) is 2. The third kappa shape index (κ3) is 5.86. The van der Waals surface area contributed by atoms with Crippen LogP contribution in [-0.2, 0) is 25.9 Å². The molecule has 33 heavy (non-hydrogen) atoms. The molecule has 3 aromatic rings. The maximum atomic E-state index is 5.94. The minimum Gasteiger partial charge on any atom is -0.494 e. The predicted octanol–water partition coefficient (Wildman–Crippen LogP) is 3.56. The summed E-state index contributed by atoms with van der Waals surface area (Å²) in [5.41, 5.74) is 3.54. The number of nitrogens with one attached hydrogen (secondary N) is 2. The maximum Gasteiger partial charge on any atom is 0.191 e. The van der Waals surface area contributed by atoms with E-state index >= 15 is 0 Å². The van der Waals surface area contributed by atoms with Crippen molar-refractivity contribution >= 4 is 5.96 Å². The first kappa shape index (κ1) is 22.7. The number of benzene rings is 2. The van der Waals surface area contributed by atoms with Gasteiger partial charge in [-0.15, -0.1) is 0 Å². The van der Waals surface area contributed by atoms with Crippen LogP contribution in [0.3, 0.4) is 0 Å². The van der Waals surface area contributed by atoms with Gasteiger partial charge in [-0.1, -0.05) is 30.3 Å². The Morgan fingerprint density at radius 2 is 2.09 bits per heavy atom. The number of fused-ring (bicyclic) bond motifs is 1. The number of aliphatic imine (C=N–C) groups is 1. The second-order valence-corrected chi connectivity index (χ2v) is 8.19. The quantitative estimate of drug-likeness (QED) is 0.388. The molecule has 0 radical (unpaired) electrons. The third-order valence-electron chi connectivity index (χ3n) is 5.69. The van der Waals surface area contributed by atoms with E-state index in [0.29, 0.717) is 13.2 Å². The highest BCUT2D eigenvalue weighted by Gasteiger charge is 2.22. The molecule has 2 aromatic carbocycles. The zero-order valence-electron chi connectivity index (χ0n) is 19.7. The van der Waals surface area contributed by atoms with E-state index in [1.165, 1.54) is 11.1 Å². The maximum absolute atomic E-state index is 5.94. The van der Waals surface area contributed by atoms with Crippen LogP contribution in [0.5, 0.6) is 11.5 Å². The van der Waals surface area contributed by atoms with Crippen LogP contribution in [0, 0.1) is 0 Å². The predicted molar refractivity (Wildman–Crippen MR) is 131 cm³/mol. The number of aromatic nitrogens is 2. The normalized spacial score (nSPS) is 15.1. The van der Waals surface area contributed by atoms with Crippen molar-refractivity contribution in [1.82, 2.24) is 20.2 Å². The van der Waals surface area contributed by atoms with Crippen LogP contribution in [-0.4, -0.2) is 41.8 Å². The molecule has 1 aliphatic rings. The Balaban J connectivity index is 1.32. The summed E-state index contributed by atoms with van der Waals surface area (Å²) in [6, 6.07) is 14.6. The molecular weight excluding hydrogens is 414 g/mol. The summed E-state index contributed by atoms with van der Waals surface area (Å²) in [5.74, 6) is 3.65. The minimum absolute atomic E-state index is 0.210. The molecule has 1 aliphatic heterocycles. The zero-order chi connectivity index (χ0) is 23.0. The molecule has 4 rings (SSSR count). The van der Waals surface area contributed by atoms with Crippen molar-refractivity contribution in [3.63, 3.8) is 0 Å². The Kier molecular flexibility index (Phi) is 7.50. The van der Waals surface area contributed by atoms with Crippen molar-refractivity contribution in [3.05, 3.63) is 77.4 Å². The van der Waals surface area contributed by atoms with Gasteiger partial charge in [0, 0.05) is 63.0 Å². The van der Waals surface area contributed by atoms with E-state index in [1.54, 1.807) is 7.05 Å². The van der Waals surface area contributed by atoms with E-state index in [1.807, 2.05) is 25.4 Å². The highest BCUT2D eigenvalue weighted by molar-refractivity contribution is 5.79. The SMILES string of the molecule is CCOc1cc2c(cc1CNC(=NC)NCCc1nccn1Cc1ccccc1)OC(C)C2. The van der Waals surface area contributed by atoms with E-state index in [4.69, 9.17) is 9.47 Å². The minimum atomic E-state index is 0.210. The summed E-state index contributed by atoms with van der Waals surface area (Å²) in [4.78, 5) is 8.90. The van der Waals surface area contributed by atoms with Gasteiger partial charge in [-0.3, -0.25) is 4.99 Å². The summed E-state index contributed by atoms with van der Waals surface area (Å²) in [5, 5.41) is 6.79. The van der Waals surface area contributed by atoms with Gasteiger partial charge in [0.25, 0.3) is 0 Å². The Bertz CT molecular complexity index is 1080. The molecule has 1 unspecified atom stereocenters. The molecule has 7 nitrogen and oxygen atoms in total. The van der Waals surface area contributed by atoms with Gasteiger partial charge in [0.2, 0.25) is 0 Å². The van der Waals surface area contributed by atoms with Gasteiger partial charge in [0.1, 0.15) is 23.4 Å². The van der Waals surface area contributed by atoms with E-state index in [0.717, 1.165) is 54.8 Å². The molecule has 2 N–H and O–H groups in total. The zero-order valence-corrected chi connectivity index (χ0v) is 19.7. The first-order chi connectivity index (χ1) is 16.2. The van der Waals surface area contributed by atoms with Crippen LogP contribution < -0.4 is 20.1 Å². The van der Waals surface area contributed by atoms with Gasteiger partial charge < -0.3 is 24.7 Å². The largest absolute Gasteiger partial charge is 0.494 e. The summed E-state index contributed by atoms with van der Waals surface area (Å²) < 4.78 is 14.0. The monoisotopic (exact) mass is 447 g/mol. The van der Waals surface area contributed by atoms with Crippen molar-refractivity contribution < 1.29 is 9.47 Å². The van der Waals surface area contributed by atoms with E-state index in [2.05, 4.69) is 68.5 Å². The van der Waals surface area contributed by atoms with Gasteiger partial charge >= 0.3 is 0 Å². The second kappa shape index (κ2) is 10.9. The lowest BCUT2D eigenvalue weighted by Crippen LogP contribution is -2.38. The Labute approximate surface area is 195 Å². The van der Waals surface area contributed by atoms with E-state index < -0.39 is 0 Å². The van der Waals surface area contributed by atoms with Crippen molar-refractivity contribution in [3.8, 4) is 11.5 Å². The average Bonchev–Trinajstić information content (AvgIpc) is 3.41. The van der Waals surface area contributed by atoms with Gasteiger partial charge in [-0.25, -0.2) is 4.98 Å². The molecule has 1 aromatic heterocycles. The molecule has 0 amide bonds. The van der Waals surface area contributed by atoms with Gasteiger partial charge in [-0.2, -0.15) is 0 Å². The first-order valence-electron chi connectivity index (χ1n) is 11.6. The number of guanidine groups is 1. The molecule has 0 saturated heterocycles. The Morgan fingerprint density at radius 3 is 2.88 bits per heavy atom. The fourth-order valence-electron chi connectivity index (χ4n) is 4.09. The Morgan fingerprint density at radius 1 is 1.24 bits per heavy atom. The summed E-state index contributed by atoms with van der Waals surface area (Å²) >= 11 is 0. The molecule has 0 aliphatic carbocycles. The molecule has 1 atom stereocenters. The lowest BCUT2D eigenvalue weighted by atomic mass is 10.1. The molecule has 174 valence electrons. The number of ether oxygens (including phenoxy) is 2. The highest BCUT2D eigenvalue weighted by Crippen LogP contribution is 2.35. The number of imidazole rings is 1. The molecular formula is C26H33N5O2. The van der Waals surface area contributed by atoms with Crippen LogP contribution in [0.1, 0.15) is 36.4 Å².